The minimum atomic E-state index is -0.536. The third kappa shape index (κ3) is 7.01. The molecule has 0 saturated heterocycles. The first kappa shape index (κ1) is 18.3. The van der Waals surface area contributed by atoms with E-state index in [-0.39, 0.29) is 0 Å². The zero-order chi connectivity index (χ0) is 17.4. The van der Waals surface area contributed by atoms with Crippen molar-refractivity contribution in [2.24, 2.45) is 0 Å². The summed E-state index contributed by atoms with van der Waals surface area (Å²) >= 11 is 0. The summed E-state index contributed by atoms with van der Waals surface area (Å²) in [7, 11) is 0. The van der Waals surface area contributed by atoms with Crippen molar-refractivity contribution in [3.63, 3.8) is 0 Å². The van der Waals surface area contributed by atoms with E-state index in [0.29, 0.717) is 5.75 Å². The molecule has 0 aliphatic heterocycles. The van der Waals surface area contributed by atoms with E-state index in [0.717, 1.165) is 31.2 Å². The minimum Gasteiger partial charge on any atom is -0.508 e. The molecule has 2 rings (SSSR count). The number of phenols is 1. The van der Waals surface area contributed by atoms with Crippen LogP contribution in [0.5, 0.6) is 5.75 Å². The number of aryl methyl sites for hydroxylation is 1. The summed E-state index contributed by atoms with van der Waals surface area (Å²) in [6, 6.07) is 15.8. The molecule has 0 unspecified atom stereocenters. The number of hydrogen-bond donors (Lipinski definition) is 2. The Morgan fingerprint density at radius 2 is 1.33 bits per heavy atom. The fraction of sp³-hybridized carbons (Fsp3) is 0.364. The van der Waals surface area contributed by atoms with Crippen LogP contribution in [-0.2, 0) is 6.42 Å². The third-order valence-electron chi connectivity index (χ3n) is 4.10. The summed E-state index contributed by atoms with van der Waals surface area (Å²) in [4.78, 5) is 0. The molecule has 0 spiro atoms. The average Bonchev–Trinajstić information content (AvgIpc) is 2.54. The molecular weight excluding hydrogens is 296 g/mol. The zero-order valence-corrected chi connectivity index (χ0v) is 14.7. The first-order chi connectivity index (χ1) is 11.4. The average molecular weight is 324 g/mol. The maximum atomic E-state index is 9.69. The quantitative estimate of drug-likeness (QED) is 0.501. The van der Waals surface area contributed by atoms with E-state index in [1.165, 1.54) is 17.5 Å². The first-order valence-electron chi connectivity index (χ1n) is 8.71. The summed E-state index contributed by atoms with van der Waals surface area (Å²) < 4.78 is 0. The van der Waals surface area contributed by atoms with Gasteiger partial charge in [0.15, 0.2) is 0 Å². The van der Waals surface area contributed by atoms with Gasteiger partial charge in [-0.3, -0.25) is 0 Å². The van der Waals surface area contributed by atoms with E-state index in [4.69, 9.17) is 0 Å². The lowest BCUT2D eigenvalue weighted by atomic mass is 9.99. The van der Waals surface area contributed by atoms with Crippen LogP contribution in [0.3, 0.4) is 0 Å². The van der Waals surface area contributed by atoms with Gasteiger partial charge >= 0.3 is 0 Å². The number of rotatable bonds is 8. The second-order valence-electron chi connectivity index (χ2n) is 7.04. The van der Waals surface area contributed by atoms with Crippen molar-refractivity contribution in [1.29, 1.82) is 0 Å². The Bertz CT molecular complexity index is 631. The smallest absolute Gasteiger partial charge is 0.115 e. The van der Waals surface area contributed by atoms with Crippen LogP contribution >= 0.6 is 0 Å². The molecule has 128 valence electrons. The maximum absolute atomic E-state index is 9.69. The molecule has 0 fully saturated rings. The van der Waals surface area contributed by atoms with E-state index in [2.05, 4.69) is 30.3 Å². The van der Waals surface area contributed by atoms with E-state index in [1.54, 1.807) is 12.1 Å². The third-order valence-corrected chi connectivity index (χ3v) is 4.10. The predicted octanol–water partition coefficient (Wildman–Crippen LogP) is 5.44. The second kappa shape index (κ2) is 8.70. The van der Waals surface area contributed by atoms with Gasteiger partial charge in [0.1, 0.15) is 5.75 Å². The Morgan fingerprint density at radius 1 is 0.792 bits per heavy atom. The Hall–Kier alpha value is -2.06. The van der Waals surface area contributed by atoms with Gasteiger partial charge in [-0.1, -0.05) is 61.4 Å². The number of aromatic hydroxyl groups is 1. The van der Waals surface area contributed by atoms with Crippen molar-refractivity contribution in [2.45, 2.75) is 51.6 Å². The normalized spacial score (nSPS) is 12.0. The molecule has 24 heavy (non-hydrogen) atoms. The lowest BCUT2D eigenvalue weighted by Crippen LogP contribution is -2.17. The molecule has 0 bridgehead atoms. The fourth-order valence-corrected chi connectivity index (χ4v) is 2.64. The summed E-state index contributed by atoms with van der Waals surface area (Å²) in [5.74, 6) is 0.291. The largest absolute Gasteiger partial charge is 0.508 e. The van der Waals surface area contributed by atoms with Crippen molar-refractivity contribution in [2.75, 3.05) is 0 Å². The van der Waals surface area contributed by atoms with Gasteiger partial charge in [0, 0.05) is 0 Å². The molecule has 2 heteroatoms. The van der Waals surface area contributed by atoms with Crippen LogP contribution < -0.4 is 0 Å². The number of benzene rings is 2. The molecule has 2 nitrogen and oxygen atoms in total. The van der Waals surface area contributed by atoms with Gasteiger partial charge in [-0.25, -0.2) is 0 Å². The molecule has 0 heterocycles. The van der Waals surface area contributed by atoms with Crippen LogP contribution in [-0.4, -0.2) is 15.8 Å². The van der Waals surface area contributed by atoms with Gasteiger partial charge in [0.2, 0.25) is 0 Å². The van der Waals surface area contributed by atoms with Crippen LogP contribution in [0.2, 0.25) is 0 Å². The molecule has 2 N–H and O–H groups in total. The van der Waals surface area contributed by atoms with Gasteiger partial charge in [-0.05, 0) is 61.9 Å². The minimum absolute atomic E-state index is 0.291. The maximum Gasteiger partial charge on any atom is 0.115 e. The Labute approximate surface area is 145 Å². The molecule has 2 aromatic carbocycles. The lowest BCUT2D eigenvalue weighted by molar-refractivity contribution is 0.0681. The van der Waals surface area contributed by atoms with Gasteiger partial charge < -0.3 is 10.2 Å². The van der Waals surface area contributed by atoms with Gasteiger partial charge in [-0.15, -0.1) is 0 Å². The van der Waals surface area contributed by atoms with Crippen LogP contribution in [0, 0.1) is 0 Å². The molecule has 0 saturated carbocycles. The molecule has 0 atom stereocenters. The van der Waals surface area contributed by atoms with Crippen molar-refractivity contribution in [1.82, 2.24) is 0 Å². The van der Waals surface area contributed by atoms with E-state index >= 15 is 0 Å². The Morgan fingerprint density at radius 3 is 1.88 bits per heavy atom. The standard InChI is InChI=1S/C22H28O2/c1-22(2,24)17-5-3-4-6-18-7-9-19(10-8-18)11-12-20-13-15-21(23)16-14-20/h7-16,23-24H,3-6,17H2,1-2H3. The predicted molar refractivity (Wildman–Crippen MR) is 102 cm³/mol. The lowest BCUT2D eigenvalue weighted by Gasteiger charge is -2.16. The van der Waals surface area contributed by atoms with Crippen LogP contribution in [0.25, 0.3) is 12.2 Å². The molecule has 0 aliphatic rings. The van der Waals surface area contributed by atoms with Crippen molar-refractivity contribution in [3.05, 3.63) is 65.2 Å². The summed E-state index contributed by atoms with van der Waals surface area (Å²) in [5, 5.41) is 19.0. The van der Waals surface area contributed by atoms with E-state index in [1.807, 2.05) is 32.1 Å². The van der Waals surface area contributed by atoms with Crippen molar-refractivity contribution < 1.29 is 10.2 Å². The van der Waals surface area contributed by atoms with Crippen molar-refractivity contribution in [3.8, 4) is 5.75 Å². The summed E-state index contributed by atoms with van der Waals surface area (Å²) in [6.07, 6.45) is 9.49. The second-order valence-corrected chi connectivity index (χ2v) is 7.04. The van der Waals surface area contributed by atoms with Gasteiger partial charge in [0.05, 0.1) is 5.60 Å². The monoisotopic (exact) mass is 324 g/mol. The van der Waals surface area contributed by atoms with Crippen LogP contribution in [0.1, 0.15) is 56.2 Å². The number of unbranched alkanes of at least 4 members (excludes halogenated alkanes) is 2. The SMILES string of the molecule is CC(C)(O)CCCCCc1ccc(C=Cc2ccc(O)cc2)cc1. The highest BCUT2D eigenvalue weighted by atomic mass is 16.3. The molecule has 0 aromatic heterocycles. The summed E-state index contributed by atoms with van der Waals surface area (Å²) in [5.41, 5.74) is 3.07. The fourth-order valence-electron chi connectivity index (χ4n) is 2.64. The Kier molecular flexibility index (Phi) is 6.62. The Balaban J connectivity index is 1.77. The number of aliphatic hydroxyl groups is 1. The summed E-state index contributed by atoms with van der Waals surface area (Å²) in [6.45, 7) is 3.74. The highest BCUT2D eigenvalue weighted by Crippen LogP contribution is 2.16. The van der Waals surface area contributed by atoms with Crippen LogP contribution in [0.4, 0.5) is 0 Å². The first-order valence-corrected chi connectivity index (χ1v) is 8.71. The van der Waals surface area contributed by atoms with Gasteiger partial charge in [0.25, 0.3) is 0 Å². The highest BCUT2D eigenvalue weighted by Gasteiger charge is 2.10. The molecular formula is C22H28O2. The molecule has 0 radical (unpaired) electrons. The topological polar surface area (TPSA) is 40.5 Å². The van der Waals surface area contributed by atoms with Gasteiger partial charge in [-0.2, -0.15) is 0 Å². The number of hydrogen-bond acceptors (Lipinski definition) is 2. The molecule has 0 amide bonds. The van der Waals surface area contributed by atoms with Crippen molar-refractivity contribution >= 4 is 12.2 Å². The van der Waals surface area contributed by atoms with E-state index in [9.17, 15) is 10.2 Å². The molecule has 0 aliphatic carbocycles. The number of phenolic OH excluding ortho intramolecular Hbond substituents is 1. The highest BCUT2D eigenvalue weighted by molar-refractivity contribution is 5.69. The molecule has 2 aromatic rings. The zero-order valence-electron chi connectivity index (χ0n) is 14.7. The van der Waals surface area contributed by atoms with E-state index < -0.39 is 5.60 Å². The van der Waals surface area contributed by atoms with Crippen LogP contribution in [0.15, 0.2) is 48.5 Å².